The smallest absolute Gasteiger partial charge is 0.224 e. The molecule has 4 heteroatoms. The van der Waals surface area contributed by atoms with Crippen LogP contribution in [-0.2, 0) is 17.6 Å². The van der Waals surface area contributed by atoms with Crippen LogP contribution in [0.1, 0.15) is 43.5 Å². The lowest BCUT2D eigenvalue weighted by atomic mass is 10.0. The highest BCUT2D eigenvalue weighted by Crippen LogP contribution is 2.29. The summed E-state index contributed by atoms with van der Waals surface area (Å²) in [6.45, 7) is 6.35. The predicted octanol–water partition coefficient (Wildman–Crippen LogP) is 4.32. The van der Waals surface area contributed by atoms with Crippen molar-refractivity contribution in [2.24, 2.45) is 5.92 Å². The van der Waals surface area contributed by atoms with E-state index < -0.39 is 0 Å². The number of benzene rings is 2. The summed E-state index contributed by atoms with van der Waals surface area (Å²) < 4.78 is 10.7. The summed E-state index contributed by atoms with van der Waals surface area (Å²) >= 11 is 0. The number of carbonyl (C=O) groups is 1. The van der Waals surface area contributed by atoms with Gasteiger partial charge in [0.15, 0.2) is 0 Å². The first-order chi connectivity index (χ1) is 12.4. The molecule has 140 valence electrons. The van der Waals surface area contributed by atoms with Gasteiger partial charge in [0.05, 0.1) is 26.7 Å². The van der Waals surface area contributed by atoms with Crippen molar-refractivity contribution in [1.82, 2.24) is 5.32 Å². The monoisotopic (exact) mass is 355 g/mol. The van der Waals surface area contributed by atoms with Gasteiger partial charge in [0.1, 0.15) is 11.5 Å². The number of nitrogens with one attached hydrogen (secondary N) is 1. The van der Waals surface area contributed by atoms with Crippen LogP contribution in [0, 0.1) is 5.92 Å². The summed E-state index contributed by atoms with van der Waals surface area (Å²) in [6.07, 6.45) is 1.41. The Labute approximate surface area is 156 Å². The number of methoxy groups -OCH3 is 2. The first-order valence-electron chi connectivity index (χ1n) is 9.02. The van der Waals surface area contributed by atoms with Crippen molar-refractivity contribution < 1.29 is 14.3 Å². The largest absolute Gasteiger partial charge is 0.497 e. The zero-order chi connectivity index (χ0) is 19.1. The topological polar surface area (TPSA) is 47.6 Å². The molecule has 1 atom stereocenters. The van der Waals surface area contributed by atoms with Gasteiger partial charge in [-0.25, -0.2) is 0 Å². The Morgan fingerprint density at radius 3 is 2.19 bits per heavy atom. The van der Waals surface area contributed by atoms with E-state index in [0.29, 0.717) is 12.3 Å². The van der Waals surface area contributed by atoms with Crippen molar-refractivity contribution >= 4 is 5.91 Å². The van der Waals surface area contributed by atoms with Crippen LogP contribution in [0.4, 0.5) is 0 Å². The third-order valence-corrected chi connectivity index (χ3v) is 4.31. The number of hydrogen-bond donors (Lipinski definition) is 1. The van der Waals surface area contributed by atoms with Gasteiger partial charge in [-0.3, -0.25) is 4.79 Å². The molecule has 2 aromatic carbocycles. The van der Waals surface area contributed by atoms with Crippen LogP contribution in [0.3, 0.4) is 0 Å². The highest BCUT2D eigenvalue weighted by atomic mass is 16.5. The molecule has 0 aromatic heterocycles. The molecule has 2 aromatic rings. The van der Waals surface area contributed by atoms with Gasteiger partial charge < -0.3 is 14.8 Å². The second-order valence-electron chi connectivity index (χ2n) is 6.99. The summed E-state index contributed by atoms with van der Waals surface area (Å²) in [6, 6.07) is 13.7. The Bertz CT molecular complexity index is 723. The average Bonchev–Trinajstić information content (AvgIpc) is 2.62. The maximum absolute atomic E-state index is 12.4. The van der Waals surface area contributed by atoms with Crippen LogP contribution < -0.4 is 14.8 Å². The standard InChI is InChI=1S/C22H29NO3/c1-15(2)12-17-6-8-18(9-7-17)13-22(24)23-16(3)20-14-19(25-4)10-11-21(20)26-5/h6-11,14-16H,12-13H2,1-5H3,(H,23,24). The summed E-state index contributed by atoms with van der Waals surface area (Å²) in [5.41, 5.74) is 3.21. The minimum absolute atomic E-state index is 0.0148. The Balaban J connectivity index is 2.01. The van der Waals surface area contributed by atoms with E-state index in [1.807, 2.05) is 37.3 Å². The molecule has 0 saturated heterocycles. The van der Waals surface area contributed by atoms with Crippen molar-refractivity contribution in [3.05, 3.63) is 59.2 Å². The lowest BCUT2D eigenvalue weighted by Gasteiger charge is -2.18. The molecule has 0 saturated carbocycles. The first kappa shape index (κ1) is 19.8. The number of hydrogen-bond acceptors (Lipinski definition) is 3. The van der Waals surface area contributed by atoms with Crippen LogP contribution in [0.5, 0.6) is 11.5 Å². The lowest BCUT2D eigenvalue weighted by molar-refractivity contribution is -0.121. The second-order valence-corrected chi connectivity index (χ2v) is 6.99. The third-order valence-electron chi connectivity index (χ3n) is 4.31. The normalized spacial score (nSPS) is 11.9. The number of carbonyl (C=O) groups excluding carboxylic acids is 1. The maximum atomic E-state index is 12.4. The Morgan fingerprint density at radius 2 is 1.62 bits per heavy atom. The molecule has 0 spiro atoms. The molecule has 1 N–H and O–H groups in total. The zero-order valence-electron chi connectivity index (χ0n) is 16.3. The average molecular weight is 355 g/mol. The van der Waals surface area contributed by atoms with Crippen LogP contribution >= 0.6 is 0 Å². The Kier molecular flexibility index (Phi) is 7.07. The summed E-state index contributed by atoms with van der Waals surface area (Å²) in [5, 5.41) is 3.04. The summed E-state index contributed by atoms with van der Waals surface area (Å²) in [4.78, 5) is 12.4. The minimum Gasteiger partial charge on any atom is -0.497 e. The number of rotatable bonds is 8. The second kappa shape index (κ2) is 9.27. The molecule has 0 bridgehead atoms. The van der Waals surface area contributed by atoms with E-state index in [2.05, 4.69) is 31.3 Å². The van der Waals surface area contributed by atoms with Gasteiger partial charge in [0.25, 0.3) is 0 Å². The van der Waals surface area contributed by atoms with E-state index in [-0.39, 0.29) is 11.9 Å². The quantitative estimate of drug-likeness (QED) is 0.767. The first-order valence-corrected chi connectivity index (χ1v) is 9.02. The molecule has 2 rings (SSSR count). The molecular formula is C22H29NO3. The SMILES string of the molecule is COc1ccc(OC)c(C(C)NC(=O)Cc2ccc(CC(C)C)cc2)c1. The predicted molar refractivity (Wildman–Crippen MR) is 105 cm³/mol. The molecule has 26 heavy (non-hydrogen) atoms. The van der Waals surface area contributed by atoms with Crippen LogP contribution in [0.25, 0.3) is 0 Å². The van der Waals surface area contributed by atoms with Gasteiger partial charge in [-0.2, -0.15) is 0 Å². The van der Waals surface area contributed by atoms with Crippen molar-refractivity contribution in [2.45, 2.75) is 39.7 Å². The molecule has 0 aliphatic carbocycles. The van der Waals surface area contributed by atoms with Gasteiger partial charge in [0, 0.05) is 5.56 Å². The van der Waals surface area contributed by atoms with Crippen molar-refractivity contribution in [1.29, 1.82) is 0 Å². The highest BCUT2D eigenvalue weighted by molar-refractivity contribution is 5.79. The fraction of sp³-hybridized carbons (Fsp3) is 0.409. The number of amides is 1. The van der Waals surface area contributed by atoms with E-state index in [0.717, 1.165) is 29.0 Å². The molecule has 4 nitrogen and oxygen atoms in total. The molecule has 0 aliphatic heterocycles. The fourth-order valence-electron chi connectivity index (χ4n) is 3.00. The van der Waals surface area contributed by atoms with E-state index in [9.17, 15) is 4.79 Å². The van der Waals surface area contributed by atoms with Crippen LogP contribution in [0.15, 0.2) is 42.5 Å². The van der Waals surface area contributed by atoms with Crippen molar-refractivity contribution in [3.8, 4) is 11.5 Å². The van der Waals surface area contributed by atoms with Gasteiger partial charge in [-0.05, 0) is 48.6 Å². The molecule has 0 fully saturated rings. The van der Waals surface area contributed by atoms with E-state index in [1.54, 1.807) is 14.2 Å². The van der Waals surface area contributed by atoms with E-state index >= 15 is 0 Å². The van der Waals surface area contributed by atoms with Crippen molar-refractivity contribution in [3.63, 3.8) is 0 Å². The van der Waals surface area contributed by atoms with Gasteiger partial charge >= 0.3 is 0 Å². The summed E-state index contributed by atoms with van der Waals surface area (Å²) in [5.74, 6) is 2.08. The van der Waals surface area contributed by atoms with Crippen LogP contribution in [0.2, 0.25) is 0 Å². The van der Waals surface area contributed by atoms with Gasteiger partial charge in [-0.15, -0.1) is 0 Å². The van der Waals surface area contributed by atoms with Crippen molar-refractivity contribution in [2.75, 3.05) is 14.2 Å². The molecule has 0 aliphatic rings. The molecule has 0 heterocycles. The molecule has 1 amide bonds. The zero-order valence-corrected chi connectivity index (χ0v) is 16.3. The maximum Gasteiger partial charge on any atom is 0.224 e. The number of ether oxygens (including phenoxy) is 2. The molecular weight excluding hydrogens is 326 g/mol. The minimum atomic E-state index is -0.173. The molecule has 0 radical (unpaired) electrons. The third kappa shape index (κ3) is 5.51. The van der Waals surface area contributed by atoms with Gasteiger partial charge in [0.2, 0.25) is 5.91 Å². The fourth-order valence-corrected chi connectivity index (χ4v) is 3.00. The van der Waals surface area contributed by atoms with Gasteiger partial charge in [-0.1, -0.05) is 38.1 Å². The molecule has 1 unspecified atom stereocenters. The van der Waals surface area contributed by atoms with Crippen LogP contribution in [-0.4, -0.2) is 20.1 Å². The van der Waals surface area contributed by atoms with E-state index in [1.165, 1.54) is 5.56 Å². The lowest BCUT2D eigenvalue weighted by Crippen LogP contribution is -2.28. The highest BCUT2D eigenvalue weighted by Gasteiger charge is 2.15. The van der Waals surface area contributed by atoms with E-state index in [4.69, 9.17) is 9.47 Å². The Hall–Kier alpha value is -2.49. The summed E-state index contributed by atoms with van der Waals surface area (Å²) in [7, 11) is 3.25. The Morgan fingerprint density at radius 1 is 0.962 bits per heavy atom.